The summed E-state index contributed by atoms with van der Waals surface area (Å²) in [7, 11) is 1.58. The lowest BCUT2D eigenvalue weighted by Gasteiger charge is -2.23. The number of carbonyl (C=O) groups is 2. The van der Waals surface area contributed by atoms with Gasteiger partial charge in [0.05, 0.1) is 11.2 Å². The van der Waals surface area contributed by atoms with Crippen molar-refractivity contribution in [3.63, 3.8) is 0 Å². The number of ether oxygens (including phenoxy) is 1. The second kappa shape index (κ2) is 6.38. The van der Waals surface area contributed by atoms with Crippen molar-refractivity contribution >= 4 is 17.7 Å². The van der Waals surface area contributed by atoms with Gasteiger partial charge < -0.3 is 20.5 Å². The first-order valence-electron chi connectivity index (χ1n) is 6.19. The van der Waals surface area contributed by atoms with Gasteiger partial charge >= 0.3 is 12.0 Å². The first kappa shape index (κ1) is 16.0. The average Bonchev–Trinajstić information content (AvgIpc) is 2.36. The molecule has 1 rings (SSSR count). The summed E-state index contributed by atoms with van der Waals surface area (Å²) in [4.78, 5) is 22.6. The fourth-order valence-electron chi connectivity index (χ4n) is 1.52. The first-order valence-corrected chi connectivity index (χ1v) is 6.19. The predicted molar refractivity (Wildman–Crippen MR) is 76.2 cm³/mol. The molecule has 6 heteroatoms. The molecule has 0 saturated heterocycles. The second-order valence-corrected chi connectivity index (χ2v) is 5.11. The molecule has 0 aliphatic heterocycles. The van der Waals surface area contributed by atoms with Gasteiger partial charge in [0.2, 0.25) is 0 Å². The topological polar surface area (TPSA) is 87.7 Å². The van der Waals surface area contributed by atoms with Crippen molar-refractivity contribution in [2.75, 3.05) is 19.0 Å². The summed E-state index contributed by atoms with van der Waals surface area (Å²) in [6.07, 6.45) is 0. The van der Waals surface area contributed by atoms with E-state index in [4.69, 9.17) is 9.84 Å². The van der Waals surface area contributed by atoms with Crippen LogP contribution in [0, 0.1) is 6.92 Å². The van der Waals surface area contributed by atoms with Crippen LogP contribution in [-0.2, 0) is 4.74 Å². The smallest absolute Gasteiger partial charge is 0.335 e. The Morgan fingerprint density at radius 1 is 1.35 bits per heavy atom. The highest BCUT2D eigenvalue weighted by Crippen LogP contribution is 2.15. The zero-order valence-electron chi connectivity index (χ0n) is 12.1. The average molecular weight is 280 g/mol. The van der Waals surface area contributed by atoms with Crippen molar-refractivity contribution in [2.24, 2.45) is 0 Å². The molecule has 0 unspecified atom stereocenters. The van der Waals surface area contributed by atoms with E-state index in [0.29, 0.717) is 17.8 Å². The molecule has 1 aromatic rings. The molecule has 1 aromatic carbocycles. The van der Waals surface area contributed by atoms with Gasteiger partial charge in [-0.2, -0.15) is 0 Å². The van der Waals surface area contributed by atoms with Crippen LogP contribution < -0.4 is 10.6 Å². The second-order valence-electron chi connectivity index (χ2n) is 5.11. The summed E-state index contributed by atoms with van der Waals surface area (Å²) in [5, 5.41) is 14.3. The Hall–Kier alpha value is -2.08. The van der Waals surface area contributed by atoms with E-state index in [9.17, 15) is 9.59 Å². The minimum Gasteiger partial charge on any atom is -0.478 e. The number of amides is 2. The van der Waals surface area contributed by atoms with E-state index in [1.165, 1.54) is 6.07 Å². The number of hydrogen-bond acceptors (Lipinski definition) is 3. The molecule has 0 heterocycles. The molecule has 0 fully saturated rings. The van der Waals surface area contributed by atoms with Crippen LogP contribution in [-0.4, -0.2) is 36.4 Å². The maximum absolute atomic E-state index is 11.7. The standard InChI is InChI=1S/C14H20N2O4/c1-9-7-10(5-6-11(9)12(17)18)16-13(19)15-8-14(2,3)20-4/h5-7H,8H2,1-4H3,(H,17,18)(H2,15,16,19). The van der Waals surface area contributed by atoms with Crippen molar-refractivity contribution in [1.82, 2.24) is 5.32 Å². The summed E-state index contributed by atoms with van der Waals surface area (Å²) < 4.78 is 5.19. The Kier molecular flexibility index (Phi) is 5.10. The third-order valence-electron chi connectivity index (χ3n) is 2.94. The van der Waals surface area contributed by atoms with Gasteiger partial charge in [0, 0.05) is 19.3 Å². The van der Waals surface area contributed by atoms with E-state index in [2.05, 4.69) is 10.6 Å². The van der Waals surface area contributed by atoms with Crippen LogP contribution in [0.5, 0.6) is 0 Å². The van der Waals surface area contributed by atoms with Crippen molar-refractivity contribution in [3.05, 3.63) is 29.3 Å². The van der Waals surface area contributed by atoms with Gasteiger partial charge in [-0.15, -0.1) is 0 Å². The molecule has 0 atom stereocenters. The third kappa shape index (κ3) is 4.55. The number of carboxylic acid groups (broad SMARTS) is 1. The fraction of sp³-hybridized carbons (Fsp3) is 0.429. The number of aryl methyl sites for hydroxylation is 1. The molecule has 0 spiro atoms. The molecule has 0 aliphatic rings. The minimum absolute atomic E-state index is 0.219. The van der Waals surface area contributed by atoms with Gasteiger partial charge in [0.1, 0.15) is 0 Å². The molecule has 110 valence electrons. The highest BCUT2D eigenvalue weighted by Gasteiger charge is 2.17. The van der Waals surface area contributed by atoms with Gasteiger partial charge in [0.25, 0.3) is 0 Å². The van der Waals surface area contributed by atoms with Crippen LogP contribution in [0.25, 0.3) is 0 Å². The van der Waals surface area contributed by atoms with Gasteiger partial charge in [0.15, 0.2) is 0 Å². The lowest BCUT2D eigenvalue weighted by molar-refractivity contribution is 0.0257. The Labute approximate surface area is 118 Å². The summed E-state index contributed by atoms with van der Waals surface area (Å²) in [6, 6.07) is 4.27. The van der Waals surface area contributed by atoms with Gasteiger partial charge in [-0.1, -0.05) is 0 Å². The molecule has 2 amide bonds. The minimum atomic E-state index is -0.986. The molecule has 0 aromatic heterocycles. The molecule has 0 bridgehead atoms. The zero-order valence-corrected chi connectivity index (χ0v) is 12.1. The molecular weight excluding hydrogens is 260 g/mol. The Bertz CT molecular complexity index is 512. The maximum Gasteiger partial charge on any atom is 0.335 e. The summed E-state index contributed by atoms with van der Waals surface area (Å²) >= 11 is 0. The number of aromatic carboxylic acids is 1. The molecule has 3 N–H and O–H groups in total. The molecule has 0 aliphatic carbocycles. The Morgan fingerprint density at radius 2 is 2.00 bits per heavy atom. The van der Waals surface area contributed by atoms with Crippen LogP contribution in [0.3, 0.4) is 0 Å². The number of benzene rings is 1. The van der Waals surface area contributed by atoms with Gasteiger partial charge in [-0.25, -0.2) is 9.59 Å². The van der Waals surface area contributed by atoms with E-state index in [1.54, 1.807) is 26.2 Å². The lowest BCUT2D eigenvalue weighted by atomic mass is 10.1. The monoisotopic (exact) mass is 280 g/mol. The third-order valence-corrected chi connectivity index (χ3v) is 2.94. The van der Waals surface area contributed by atoms with Crippen molar-refractivity contribution in [3.8, 4) is 0 Å². The molecular formula is C14H20N2O4. The number of urea groups is 1. The maximum atomic E-state index is 11.7. The van der Waals surface area contributed by atoms with Crippen LogP contribution >= 0.6 is 0 Å². The number of carbonyl (C=O) groups excluding carboxylic acids is 1. The Balaban J connectivity index is 2.63. The van der Waals surface area contributed by atoms with E-state index in [-0.39, 0.29) is 11.6 Å². The highest BCUT2D eigenvalue weighted by atomic mass is 16.5. The van der Waals surface area contributed by atoms with Crippen molar-refractivity contribution in [2.45, 2.75) is 26.4 Å². The normalized spacial score (nSPS) is 11.0. The highest BCUT2D eigenvalue weighted by molar-refractivity contribution is 5.92. The quantitative estimate of drug-likeness (QED) is 0.772. The molecule has 20 heavy (non-hydrogen) atoms. The predicted octanol–water partition coefficient (Wildman–Crippen LogP) is 2.24. The number of hydrogen-bond donors (Lipinski definition) is 3. The molecule has 0 saturated carbocycles. The number of methoxy groups -OCH3 is 1. The van der Waals surface area contributed by atoms with E-state index in [1.807, 2.05) is 13.8 Å². The van der Waals surface area contributed by atoms with E-state index in [0.717, 1.165) is 0 Å². The zero-order chi connectivity index (χ0) is 15.3. The van der Waals surface area contributed by atoms with Crippen molar-refractivity contribution < 1.29 is 19.4 Å². The van der Waals surface area contributed by atoms with Crippen LogP contribution in [0.2, 0.25) is 0 Å². The number of carboxylic acids is 1. The SMILES string of the molecule is COC(C)(C)CNC(=O)Nc1ccc(C(=O)O)c(C)c1. The van der Waals surface area contributed by atoms with E-state index >= 15 is 0 Å². The summed E-state index contributed by atoms with van der Waals surface area (Å²) in [6.45, 7) is 5.76. The van der Waals surface area contributed by atoms with Crippen LogP contribution in [0.15, 0.2) is 18.2 Å². The molecule has 0 radical (unpaired) electrons. The van der Waals surface area contributed by atoms with Gasteiger partial charge in [-0.05, 0) is 44.5 Å². The Morgan fingerprint density at radius 3 is 2.50 bits per heavy atom. The van der Waals surface area contributed by atoms with Crippen LogP contribution in [0.4, 0.5) is 10.5 Å². The fourth-order valence-corrected chi connectivity index (χ4v) is 1.52. The van der Waals surface area contributed by atoms with Gasteiger partial charge in [-0.3, -0.25) is 0 Å². The summed E-state index contributed by atoms with van der Waals surface area (Å²) in [5.41, 5.74) is 0.907. The number of rotatable bonds is 5. The largest absolute Gasteiger partial charge is 0.478 e. The van der Waals surface area contributed by atoms with Crippen LogP contribution in [0.1, 0.15) is 29.8 Å². The number of anilines is 1. The summed E-state index contributed by atoms with van der Waals surface area (Å²) in [5.74, 6) is -0.986. The first-order chi connectivity index (χ1) is 9.25. The van der Waals surface area contributed by atoms with Crippen molar-refractivity contribution in [1.29, 1.82) is 0 Å². The number of nitrogens with one attached hydrogen (secondary N) is 2. The lowest BCUT2D eigenvalue weighted by Crippen LogP contribution is -2.41. The molecule has 6 nitrogen and oxygen atoms in total. The van der Waals surface area contributed by atoms with E-state index < -0.39 is 11.6 Å².